The normalized spacial score (nSPS) is 10.8. The van der Waals surface area contributed by atoms with Gasteiger partial charge in [-0.05, 0) is 28.8 Å². The summed E-state index contributed by atoms with van der Waals surface area (Å²) in [7, 11) is 0. The van der Waals surface area contributed by atoms with Crippen LogP contribution in [0.15, 0.2) is 72.8 Å². The van der Waals surface area contributed by atoms with Gasteiger partial charge in [0.1, 0.15) is 4.88 Å². The number of rotatable bonds is 7. The average Bonchev–Trinajstić information content (AvgIpc) is 3.16. The van der Waals surface area contributed by atoms with Crippen molar-refractivity contribution in [2.24, 2.45) is 5.73 Å². The number of amides is 2. The van der Waals surface area contributed by atoms with Crippen molar-refractivity contribution in [2.45, 2.75) is 19.5 Å². The molecule has 0 saturated heterocycles. The van der Waals surface area contributed by atoms with Crippen molar-refractivity contribution in [2.75, 3.05) is 5.32 Å². The van der Waals surface area contributed by atoms with E-state index in [1.165, 1.54) is 11.3 Å². The minimum atomic E-state index is -0.288. The molecule has 4 aromatic rings. The Hall–Kier alpha value is -3.19. The number of nitrogens with two attached hydrogens (primary N) is 1. The molecule has 0 saturated carbocycles. The average molecular weight is 464 g/mol. The molecule has 0 fully saturated rings. The highest BCUT2D eigenvalue weighted by Crippen LogP contribution is 2.35. The highest BCUT2D eigenvalue weighted by atomic mass is 35.5. The summed E-state index contributed by atoms with van der Waals surface area (Å²) in [6, 6.07) is 22.7. The van der Waals surface area contributed by atoms with Crippen molar-refractivity contribution in [1.29, 1.82) is 0 Å². The van der Waals surface area contributed by atoms with Crippen molar-refractivity contribution in [3.8, 4) is 0 Å². The van der Waals surface area contributed by atoms with Crippen molar-refractivity contribution in [3.63, 3.8) is 0 Å². The largest absolute Gasteiger partial charge is 0.352 e. The summed E-state index contributed by atoms with van der Waals surface area (Å²) in [5, 5.41) is 7.14. The second-order valence-electron chi connectivity index (χ2n) is 7.33. The first kappa shape index (κ1) is 22.0. The molecule has 2 amide bonds. The van der Waals surface area contributed by atoms with Crippen molar-refractivity contribution >= 4 is 50.5 Å². The van der Waals surface area contributed by atoms with E-state index in [2.05, 4.69) is 10.6 Å². The van der Waals surface area contributed by atoms with E-state index in [-0.39, 0.29) is 18.2 Å². The summed E-state index contributed by atoms with van der Waals surface area (Å²) in [6.45, 7) is 0.914. The van der Waals surface area contributed by atoms with Crippen LogP contribution in [-0.2, 0) is 24.3 Å². The van der Waals surface area contributed by atoms with Crippen LogP contribution in [0.1, 0.15) is 26.4 Å². The first-order valence-electron chi connectivity index (χ1n) is 10.2. The van der Waals surface area contributed by atoms with E-state index in [0.717, 1.165) is 26.8 Å². The van der Waals surface area contributed by atoms with Crippen LogP contribution in [0.2, 0.25) is 5.02 Å². The SMILES string of the molecule is NCc1ccc(CNC(=O)Cc2ccccc2NC(=O)c2sc3ccccc3c2Cl)cc1. The molecule has 1 heterocycles. The van der Waals surface area contributed by atoms with Gasteiger partial charge in [-0.2, -0.15) is 0 Å². The van der Waals surface area contributed by atoms with Crippen LogP contribution in [0.25, 0.3) is 10.1 Å². The van der Waals surface area contributed by atoms with Crippen LogP contribution in [-0.4, -0.2) is 11.8 Å². The monoisotopic (exact) mass is 463 g/mol. The molecule has 0 radical (unpaired) electrons. The number of hydrogen-bond donors (Lipinski definition) is 3. The van der Waals surface area contributed by atoms with E-state index in [1.807, 2.05) is 66.7 Å². The number of thiophene rings is 1. The lowest BCUT2D eigenvalue weighted by Gasteiger charge is -2.11. The molecule has 1 aromatic heterocycles. The van der Waals surface area contributed by atoms with Crippen LogP contribution in [0.5, 0.6) is 0 Å². The molecule has 0 atom stereocenters. The van der Waals surface area contributed by atoms with Crippen LogP contribution >= 0.6 is 22.9 Å². The fourth-order valence-electron chi connectivity index (χ4n) is 3.36. The van der Waals surface area contributed by atoms with Crippen molar-refractivity contribution < 1.29 is 9.59 Å². The number of anilines is 1. The number of hydrogen-bond acceptors (Lipinski definition) is 4. The fraction of sp³-hybridized carbons (Fsp3) is 0.120. The maximum atomic E-state index is 12.9. The Morgan fingerprint density at radius 1 is 0.906 bits per heavy atom. The summed E-state index contributed by atoms with van der Waals surface area (Å²) in [6.07, 6.45) is 0.150. The summed E-state index contributed by atoms with van der Waals surface area (Å²) in [4.78, 5) is 25.9. The van der Waals surface area contributed by atoms with E-state index < -0.39 is 0 Å². The minimum absolute atomic E-state index is 0.130. The van der Waals surface area contributed by atoms with Gasteiger partial charge in [-0.3, -0.25) is 9.59 Å². The Labute approximate surface area is 195 Å². The van der Waals surface area contributed by atoms with Crippen LogP contribution in [0, 0.1) is 0 Å². The number of carbonyl (C=O) groups excluding carboxylic acids is 2. The zero-order valence-electron chi connectivity index (χ0n) is 17.2. The number of fused-ring (bicyclic) bond motifs is 1. The molecule has 0 aliphatic rings. The van der Waals surface area contributed by atoms with Gasteiger partial charge < -0.3 is 16.4 Å². The third-order valence-electron chi connectivity index (χ3n) is 5.11. The molecule has 0 spiro atoms. The Morgan fingerprint density at radius 3 is 2.34 bits per heavy atom. The number of halogens is 1. The van der Waals surface area contributed by atoms with Crippen LogP contribution in [0.4, 0.5) is 5.69 Å². The summed E-state index contributed by atoms with van der Waals surface area (Å²) >= 11 is 7.79. The van der Waals surface area contributed by atoms with E-state index >= 15 is 0 Å². The molecule has 5 nitrogen and oxygen atoms in total. The molecule has 7 heteroatoms. The van der Waals surface area contributed by atoms with E-state index in [1.54, 1.807) is 6.07 Å². The van der Waals surface area contributed by atoms with Crippen LogP contribution in [0.3, 0.4) is 0 Å². The maximum absolute atomic E-state index is 12.9. The molecular formula is C25H22ClN3O2S. The predicted octanol–water partition coefficient (Wildman–Crippen LogP) is 5.12. The maximum Gasteiger partial charge on any atom is 0.267 e. The Bertz CT molecular complexity index is 1270. The molecular weight excluding hydrogens is 442 g/mol. The first-order valence-corrected chi connectivity index (χ1v) is 11.4. The third-order valence-corrected chi connectivity index (χ3v) is 6.78. The molecule has 162 valence electrons. The Kier molecular flexibility index (Phi) is 6.85. The molecule has 4 N–H and O–H groups in total. The van der Waals surface area contributed by atoms with Crippen molar-refractivity contribution in [1.82, 2.24) is 5.32 Å². The standard InChI is InChI=1S/C25H22ClN3O2S/c26-23-19-6-2-4-8-21(19)32-24(23)25(31)29-20-7-3-1-5-18(20)13-22(30)28-15-17-11-9-16(14-27)10-12-17/h1-12H,13-15,27H2,(H,28,30)(H,29,31). The van der Waals surface area contributed by atoms with Gasteiger partial charge in [-0.15, -0.1) is 11.3 Å². The topological polar surface area (TPSA) is 84.2 Å². The van der Waals surface area contributed by atoms with Gasteiger partial charge in [-0.1, -0.05) is 72.3 Å². The number of benzene rings is 3. The van der Waals surface area contributed by atoms with E-state index in [4.69, 9.17) is 17.3 Å². The fourth-order valence-corrected chi connectivity index (χ4v) is 4.78. The summed E-state index contributed by atoms with van der Waals surface area (Å²) in [5.41, 5.74) is 8.98. The minimum Gasteiger partial charge on any atom is -0.352 e. The molecule has 0 aliphatic carbocycles. The number of nitrogens with one attached hydrogen (secondary N) is 2. The van der Waals surface area contributed by atoms with Crippen LogP contribution < -0.4 is 16.4 Å². The first-order chi connectivity index (χ1) is 15.5. The second-order valence-corrected chi connectivity index (χ2v) is 8.76. The summed E-state index contributed by atoms with van der Waals surface area (Å²) in [5.74, 6) is -0.418. The lowest BCUT2D eigenvalue weighted by atomic mass is 10.1. The van der Waals surface area contributed by atoms with E-state index in [9.17, 15) is 9.59 Å². The van der Waals surface area contributed by atoms with Gasteiger partial charge >= 0.3 is 0 Å². The zero-order valence-corrected chi connectivity index (χ0v) is 18.8. The van der Waals surface area contributed by atoms with Crippen molar-refractivity contribution in [3.05, 3.63) is 99.4 Å². The van der Waals surface area contributed by atoms with Gasteiger partial charge in [0.05, 0.1) is 11.4 Å². The lowest BCUT2D eigenvalue weighted by molar-refractivity contribution is -0.120. The number of carbonyl (C=O) groups is 2. The molecule has 0 aliphatic heterocycles. The lowest BCUT2D eigenvalue weighted by Crippen LogP contribution is -2.25. The highest BCUT2D eigenvalue weighted by molar-refractivity contribution is 7.21. The van der Waals surface area contributed by atoms with Gasteiger partial charge in [0.2, 0.25) is 5.91 Å². The zero-order chi connectivity index (χ0) is 22.5. The smallest absolute Gasteiger partial charge is 0.267 e. The second kappa shape index (κ2) is 9.96. The molecule has 4 rings (SSSR count). The predicted molar refractivity (Wildman–Crippen MR) is 131 cm³/mol. The highest BCUT2D eigenvalue weighted by Gasteiger charge is 2.18. The summed E-state index contributed by atoms with van der Waals surface area (Å²) < 4.78 is 0.954. The van der Waals surface area contributed by atoms with E-state index in [0.29, 0.717) is 28.7 Å². The van der Waals surface area contributed by atoms with Gasteiger partial charge in [0.25, 0.3) is 5.91 Å². The van der Waals surface area contributed by atoms with Gasteiger partial charge in [0.15, 0.2) is 0 Å². The quantitative estimate of drug-likeness (QED) is 0.355. The molecule has 32 heavy (non-hydrogen) atoms. The van der Waals surface area contributed by atoms with Gasteiger partial charge in [-0.25, -0.2) is 0 Å². The molecule has 0 bridgehead atoms. The number of para-hydroxylation sites is 1. The Balaban J connectivity index is 1.43. The molecule has 3 aromatic carbocycles. The molecule has 0 unspecified atom stereocenters. The Morgan fingerprint density at radius 2 is 1.59 bits per heavy atom. The van der Waals surface area contributed by atoms with Gasteiger partial charge in [0, 0.05) is 28.9 Å². The third kappa shape index (κ3) is 4.99.